The third kappa shape index (κ3) is 8.53. The zero-order chi connectivity index (χ0) is 29.0. The Morgan fingerprint density at radius 3 is 2.12 bits per heavy atom. The van der Waals surface area contributed by atoms with Crippen LogP contribution in [0.25, 0.3) is 5.53 Å². The summed E-state index contributed by atoms with van der Waals surface area (Å²) in [5.41, 5.74) is 9.05. The van der Waals surface area contributed by atoms with E-state index in [0.717, 1.165) is 69.6 Å². The third-order valence-electron chi connectivity index (χ3n) is 7.79. The van der Waals surface area contributed by atoms with E-state index in [0.29, 0.717) is 35.9 Å². The van der Waals surface area contributed by atoms with Crippen molar-refractivity contribution in [2.45, 2.75) is 76.0 Å². The van der Waals surface area contributed by atoms with Crippen LogP contribution in [0.5, 0.6) is 0 Å². The molecule has 220 valence electrons. The number of benzene rings is 1. The molecule has 0 aromatic heterocycles. The molecule has 1 aromatic rings. The SMILES string of the molecule is COC1=CC2(COC(=O)C=[N+]=[N-])C=C(OC)C1CCN(S(=O)(=O)c1ccc(C)cc1)CCCCCCCCCC2. The van der Waals surface area contributed by atoms with E-state index in [1.807, 2.05) is 31.2 Å². The molecule has 3 aliphatic rings. The van der Waals surface area contributed by atoms with Gasteiger partial charge in [0, 0.05) is 18.5 Å². The Bertz CT molecular complexity index is 1180. The number of carbonyl (C=O) groups excluding carboxylic acids is 1. The summed E-state index contributed by atoms with van der Waals surface area (Å²) in [5, 5.41) is 0. The second kappa shape index (κ2) is 15.2. The van der Waals surface area contributed by atoms with Crippen molar-refractivity contribution in [3.63, 3.8) is 0 Å². The summed E-state index contributed by atoms with van der Waals surface area (Å²) in [7, 11) is -0.497. The van der Waals surface area contributed by atoms with Gasteiger partial charge in [-0.3, -0.25) is 0 Å². The van der Waals surface area contributed by atoms with Gasteiger partial charge in [-0.15, -0.1) is 0 Å². The molecule has 0 spiro atoms. The molecule has 2 bridgehead atoms. The highest BCUT2D eigenvalue weighted by Crippen LogP contribution is 2.42. The lowest BCUT2D eigenvalue weighted by Crippen LogP contribution is -2.36. The molecule has 4 rings (SSSR count). The van der Waals surface area contributed by atoms with Crippen molar-refractivity contribution in [3.8, 4) is 0 Å². The molecule has 10 heteroatoms. The monoisotopic (exact) mass is 573 g/mol. The quantitative estimate of drug-likeness (QED) is 0.186. The normalized spacial score (nSPS) is 23.6. The van der Waals surface area contributed by atoms with Gasteiger partial charge in [-0.05, 0) is 50.5 Å². The number of aryl methyl sites for hydroxylation is 1. The fourth-order valence-corrected chi connectivity index (χ4v) is 7.01. The van der Waals surface area contributed by atoms with Gasteiger partial charge in [0.2, 0.25) is 10.0 Å². The van der Waals surface area contributed by atoms with E-state index < -0.39 is 21.4 Å². The molecule has 0 atom stereocenters. The second-order valence-electron chi connectivity index (χ2n) is 10.7. The molecule has 40 heavy (non-hydrogen) atoms. The number of methoxy groups -OCH3 is 2. The van der Waals surface area contributed by atoms with Gasteiger partial charge >= 0.3 is 12.2 Å². The Morgan fingerprint density at radius 2 is 1.55 bits per heavy atom. The molecule has 2 heterocycles. The van der Waals surface area contributed by atoms with Crippen LogP contribution in [-0.2, 0) is 29.0 Å². The molecule has 0 fully saturated rings. The van der Waals surface area contributed by atoms with Gasteiger partial charge in [0.05, 0.1) is 25.0 Å². The lowest BCUT2D eigenvalue weighted by Gasteiger charge is -2.36. The van der Waals surface area contributed by atoms with Crippen molar-refractivity contribution >= 4 is 22.2 Å². The van der Waals surface area contributed by atoms with Crippen LogP contribution in [0.15, 0.2) is 52.8 Å². The van der Waals surface area contributed by atoms with Gasteiger partial charge in [0.1, 0.15) is 18.1 Å². The van der Waals surface area contributed by atoms with Crippen LogP contribution in [0.3, 0.4) is 0 Å². The lowest BCUT2D eigenvalue weighted by molar-refractivity contribution is -0.141. The smallest absolute Gasteiger partial charge is 0.413 e. The van der Waals surface area contributed by atoms with Gasteiger partial charge in [0.25, 0.3) is 0 Å². The summed E-state index contributed by atoms with van der Waals surface area (Å²) in [5.74, 6) is 0.287. The number of hydrogen-bond donors (Lipinski definition) is 0. The largest absolute Gasteiger partial charge is 0.501 e. The predicted molar refractivity (Wildman–Crippen MR) is 153 cm³/mol. The summed E-state index contributed by atoms with van der Waals surface area (Å²) >= 11 is 0. The molecular weight excluding hydrogens is 530 g/mol. The van der Waals surface area contributed by atoms with E-state index in [2.05, 4.69) is 4.79 Å². The highest BCUT2D eigenvalue weighted by atomic mass is 32.2. The van der Waals surface area contributed by atoms with Gasteiger partial charge in [0.15, 0.2) is 0 Å². The molecular formula is C30H43N3O6S. The van der Waals surface area contributed by atoms with E-state index in [4.69, 9.17) is 19.7 Å². The summed E-state index contributed by atoms with van der Waals surface area (Å²) in [6.07, 6.45) is 14.1. The lowest BCUT2D eigenvalue weighted by atomic mass is 9.75. The second-order valence-corrected chi connectivity index (χ2v) is 12.7. The number of ether oxygens (including phenoxy) is 3. The number of fused-ring (bicyclic) bond motifs is 12. The highest BCUT2D eigenvalue weighted by Gasteiger charge is 2.38. The Kier molecular flexibility index (Phi) is 12.0. The minimum Gasteiger partial charge on any atom is -0.501 e. The average Bonchev–Trinajstić information content (AvgIpc) is 2.95. The molecule has 1 aliphatic carbocycles. The van der Waals surface area contributed by atoms with Crippen LogP contribution in [-0.4, -0.2) is 63.6 Å². The summed E-state index contributed by atoms with van der Waals surface area (Å²) < 4.78 is 46.1. The maximum absolute atomic E-state index is 13.7. The van der Waals surface area contributed by atoms with Crippen LogP contribution in [0.1, 0.15) is 69.8 Å². The van der Waals surface area contributed by atoms with Crippen molar-refractivity contribution in [2.75, 3.05) is 33.9 Å². The van der Waals surface area contributed by atoms with Crippen molar-refractivity contribution < 1.29 is 32.2 Å². The fourth-order valence-electron chi connectivity index (χ4n) is 5.51. The van der Waals surface area contributed by atoms with E-state index in [1.165, 1.54) is 0 Å². The zero-order valence-electron chi connectivity index (χ0n) is 24.0. The summed E-state index contributed by atoms with van der Waals surface area (Å²) in [6, 6.07) is 6.99. The first kappa shape index (κ1) is 31.6. The zero-order valence-corrected chi connectivity index (χ0v) is 24.8. The van der Waals surface area contributed by atoms with Crippen molar-refractivity contribution in [2.24, 2.45) is 11.3 Å². The molecule has 0 saturated heterocycles. The standard InChI is InChI=1S/C30H43N3O6S/c1-24-12-14-25(15-13-24)40(35,36)33-18-11-9-7-5-4-6-8-10-17-30(23-39-29(34)22-32-31)20-27(37-2)26(16-19-33)28(21-30)38-3/h12-15,20-22,26H,4-11,16-19,23H2,1-3H3. The number of rotatable bonds is 7. The maximum Gasteiger partial charge on any atom is 0.413 e. The van der Waals surface area contributed by atoms with Gasteiger partial charge in [-0.2, -0.15) is 9.10 Å². The third-order valence-corrected chi connectivity index (χ3v) is 9.70. The van der Waals surface area contributed by atoms with Crippen LogP contribution in [0.4, 0.5) is 0 Å². The first-order chi connectivity index (χ1) is 19.2. The topological polar surface area (TPSA) is 119 Å². The van der Waals surface area contributed by atoms with Crippen molar-refractivity contribution in [1.82, 2.24) is 4.31 Å². The van der Waals surface area contributed by atoms with E-state index >= 15 is 0 Å². The van der Waals surface area contributed by atoms with Gasteiger partial charge in [-0.1, -0.05) is 62.6 Å². The molecule has 0 N–H and O–H groups in total. The van der Waals surface area contributed by atoms with E-state index in [-0.39, 0.29) is 12.5 Å². The van der Waals surface area contributed by atoms with Crippen molar-refractivity contribution in [1.29, 1.82) is 0 Å². The fraction of sp³-hybridized carbons (Fsp3) is 0.600. The Labute approximate surface area is 238 Å². The number of nitrogens with zero attached hydrogens (tertiary/aromatic N) is 3. The first-order valence-electron chi connectivity index (χ1n) is 14.2. The molecule has 1 aromatic carbocycles. The molecule has 0 amide bonds. The minimum atomic E-state index is -3.68. The van der Waals surface area contributed by atoms with Gasteiger partial charge < -0.3 is 19.7 Å². The Hall–Kier alpha value is -2.94. The molecule has 9 nitrogen and oxygen atoms in total. The number of carbonyl (C=O) groups is 1. The molecule has 0 saturated carbocycles. The maximum atomic E-state index is 13.7. The minimum absolute atomic E-state index is 0.0399. The van der Waals surface area contributed by atoms with Crippen molar-refractivity contribution in [3.05, 3.63) is 59.0 Å². The Balaban J connectivity index is 1.94. The predicted octanol–water partition coefficient (Wildman–Crippen LogP) is 5.42. The average molecular weight is 574 g/mol. The number of hydrogen-bond acceptors (Lipinski definition) is 6. The first-order valence-corrected chi connectivity index (χ1v) is 15.6. The van der Waals surface area contributed by atoms with Crippen LogP contribution in [0.2, 0.25) is 0 Å². The Morgan fingerprint density at radius 1 is 0.975 bits per heavy atom. The van der Waals surface area contributed by atoms with Crippen LogP contribution >= 0.6 is 0 Å². The van der Waals surface area contributed by atoms with Gasteiger partial charge in [-0.25, -0.2) is 13.2 Å². The summed E-state index contributed by atoms with van der Waals surface area (Å²) in [4.78, 5) is 15.1. The molecule has 0 radical (unpaired) electrons. The highest BCUT2D eigenvalue weighted by molar-refractivity contribution is 7.89. The molecule has 2 aliphatic heterocycles. The number of sulfonamides is 1. The molecule has 0 unspecified atom stereocenters. The van der Waals surface area contributed by atoms with E-state index in [9.17, 15) is 13.2 Å². The van der Waals surface area contributed by atoms with E-state index in [1.54, 1.807) is 30.7 Å². The number of esters is 1. The van der Waals surface area contributed by atoms with Crippen LogP contribution in [0, 0.1) is 18.3 Å². The van der Waals surface area contributed by atoms with Crippen LogP contribution < -0.4 is 0 Å². The summed E-state index contributed by atoms with van der Waals surface area (Å²) in [6.45, 7) is 2.73.